The fourth-order valence-electron chi connectivity index (χ4n) is 3.68. The van der Waals surface area contributed by atoms with Crippen LogP contribution < -0.4 is 16.4 Å². The number of thioether (sulfide) groups is 1. The van der Waals surface area contributed by atoms with Crippen LogP contribution in [0.5, 0.6) is 0 Å². The number of carbonyl (C=O) groups is 2. The molecule has 1 aliphatic rings. The van der Waals surface area contributed by atoms with E-state index in [-0.39, 0.29) is 18.2 Å². The molecule has 1 amide bonds. The molecule has 1 saturated carbocycles. The molecule has 4 N–H and O–H groups in total. The molecule has 1 aliphatic carbocycles. The number of nitrogens with two attached hydrogens (primary N) is 2. The monoisotopic (exact) mass is 462 g/mol. The van der Waals surface area contributed by atoms with Crippen molar-refractivity contribution >= 4 is 29.3 Å². The highest BCUT2D eigenvalue weighted by molar-refractivity contribution is 8.00. The van der Waals surface area contributed by atoms with Gasteiger partial charge in [0.2, 0.25) is 5.91 Å². The third kappa shape index (κ3) is 5.70. The van der Waals surface area contributed by atoms with Crippen molar-refractivity contribution < 1.29 is 9.59 Å². The van der Waals surface area contributed by atoms with Gasteiger partial charge in [-0.3, -0.25) is 9.59 Å². The van der Waals surface area contributed by atoms with Crippen molar-refractivity contribution in [3.63, 3.8) is 0 Å². The molecule has 1 aromatic carbocycles. The van der Waals surface area contributed by atoms with Gasteiger partial charge >= 0.3 is 0 Å². The molecule has 0 bridgehead atoms. The van der Waals surface area contributed by atoms with Crippen molar-refractivity contribution in [2.45, 2.75) is 41.9 Å². The molecule has 2 aromatic rings. The number of benzene rings is 1. The lowest BCUT2D eigenvalue weighted by Gasteiger charge is -2.23. The lowest BCUT2D eigenvalue weighted by Crippen LogP contribution is -2.28. The second-order valence-corrected chi connectivity index (χ2v) is 9.09. The Hall–Kier alpha value is -3.40. The molecule has 1 heterocycles. The summed E-state index contributed by atoms with van der Waals surface area (Å²) in [5.41, 5.74) is 13.1. The zero-order chi connectivity index (χ0) is 24.0. The number of primary amides is 1. The average molecular weight is 463 g/mol. The Bertz CT molecular complexity index is 1120. The standard InChI is InChI=1S/C24H26N6O2S/c1-30(14-17(31)8-5-11-25)23-18(12-26)20(15-9-10-15)19(13-27)24(29-23)33-21(22(28)32)16-6-3-2-4-7-16/h2-4,6-7,15,21H,5,8-11,14,25H2,1H3,(H2,28,32). The number of pyridine rings is 1. The second-order valence-electron chi connectivity index (χ2n) is 8.00. The van der Waals surface area contributed by atoms with Crippen LogP contribution in [-0.2, 0) is 9.59 Å². The Labute approximate surface area is 197 Å². The minimum Gasteiger partial charge on any atom is -0.368 e. The third-order valence-corrected chi connectivity index (χ3v) is 6.68. The van der Waals surface area contributed by atoms with Gasteiger partial charge in [0.25, 0.3) is 0 Å². The molecule has 8 nitrogen and oxygen atoms in total. The number of ketones is 1. The Kier molecular flexibility index (Phi) is 8.05. The molecular formula is C24H26N6O2S. The van der Waals surface area contributed by atoms with Crippen LogP contribution in [0, 0.1) is 22.7 Å². The number of carbonyl (C=O) groups excluding carboxylic acids is 2. The van der Waals surface area contributed by atoms with Crippen LogP contribution in [0.2, 0.25) is 0 Å². The van der Waals surface area contributed by atoms with Gasteiger partial charge in [0.1, 0.15) is 28.2 Å². The van der Waals surface area contributed by atoms with Crippen molar-refractivity contribution in [2.24, 2.45) is 11.5 Å². The van der Waals surface area contributed by atoms with Gasteiger partial charge in [0.05, 0.1) is 17.7 Å². The molecule has 0 aliphatic heterocycles. The fourth-order valence-corrected chi connectivity index (χ4v) is 4.72. The number of aromatic nitrogens is 1. The number of amides is 1. The molecule has 1 atom stereocenters. The first-order chi connectivity index (χ1) is 15.9. The molecule has 170 valence electrons. The van der Waals surface area contributed by atoms with Crippen molar-refractivity contribution in [3.8, 4) is 12.1 Å². The quantitative estimate of drug-likeness (QED) is 0.484. The molecule has 9 heteroatoms. The normalized spacial score (nSPS) is 13.6. The van der Waals surface area contributed by atoms with E-state index >= 15 is 0 Å². The van der Waals surface area contributed by atoms with E-state index in [1.165, 1.54) is 0 Å². The smallest absolute Gasteiger partial charge is 0.235 e. The summed E-state index contributed by atoms with van der Waals surface area (Å²) in [7, 11) is 1.70. The highest BCUT2D eigenvalue weighted by Crippen LogP contribution is 2.48. The Balaban J connectivity index is 2.08. The van der Waals surface area contributed by atoms with Gasteiger partial charge in [-0.2, -0.15) is 10.5 Å². The number of likely N-dealkylation sites (N-methyl/N-ethyl adjacent to an activating group) is 1. The predicted octanol–water partition coefficient (Wildman–Crippen LogP) is 2.77. The first-order valence-corrected chi connectivity index (χ1v) is 11.6. The minimum absolute atomic E-state index is 0.0144. The largest absolute Gasteiger partial charge is 0.368 e. The predicted molar refractivity (Wildman–Crippen MR) is 126 cm³/mol. The summed E-state index contributed by atoms with van der Waals surface area (Å²) in [5.74, 6) is -0.153. The van der Waals surface area contributed by atoms with Crippen LogP contribution in [0.25, 0.3) is 0 Å². The number of rotatable bonds is 11. The third-order valence-electron chi connectivity index (χ3n) is 5.42. The van der Waals surface area contributed by atoms with Gasteiger partial charge in [-0.1, -0.05) is 42.1 Å². The Morgan fingerprint density at radius 1 is 1.21 bits per heavy atom. The SMILES string of the molecule is CN(CC(=O)CCCN)c1nc(SC(C(N)=O)c2ccccc2)c(C#N)c(C2CC2)c1C#N. The van der Waals surface area contributed by atoms with Gasteiger partial charge in [-0.15, -0.1) is 0 Å². The molecule has 1 unspecified atom stereocenters. The molecule has 0 radical (unpaired) electrons. The van der Waals surface area contributed by atoms with Gasteiger partial charge in [0.15, 0.2) is 5.78 Å². The van der Waals surface area contributed by atoms with Crippen LogP contribution in [-0.4, -0.2) is 36.8 Å². The summed E-state index contributed by atoms with van der Waals surface area (Å²) >= 11 is 1.10. The van der Waals surface area contributed by atoms with Gasteiger partial charge in [0, 0.05) is 13.5 Å². The number of hydrogen-bond acceptors (Lipinski definition) is 8. The summed E-state index contributed by atoms with van der Waals surface area (Å²) in [6.07, 6.45) is 2.67. The van der Waals surface area contributed by atoms with E-state index in [1.54, 1.807) is 24.1 Å². The first kappa shape index (κ1) is 24.2. The van der Waals surface area contributed by atoms with Gasteiger partial charge in [-0.25, -0.2) is 4.98 Å². The number of nitriles is 2. The van der Waals surface area contributed by atoms with Crippen molar-refractivity contribution in [2.75, 3.05) is 25.0 Å². The van der Waals surface area contributed by atoms with Crippen molar-refractivity contribution in [3.05, 3.63) is 52.6 Å². The lowest BCUT2D eigenvalue weighted by molar-refractivity contribution is -0.118. The maximum absolute atomic E-state index is 12.3. The highest BCUT2D eigenvalue weighted by atomic mass is 32.2. The number of hydrogen-bond donors (Lipinski definition) is 2. The topological polar surface area (TPSA) is 150 Å². The number of anilines is 1. The van der Waals surface area contributed by atoms with E-state index in [4.69, 9.17) is 11.5 Å². The van der Waals surface area contributed by atoms with E-state index in [0.717, 1.165) is 24.6 Å². The molecular weight excluding hydrogens is 436 g/mol. The van der Waals surface area contributed by atoms with E-state index in [1.807, 2.05) is 18.2 Å². The molecule has 1 aromatic heterocycles. The highest BCUT2D eigenvalue weighted by Gasteiger charge is 2.35. The van der Waals surface area contributed by atoms with Crippen LogP contribution in [0.15, 0.2) is 35.4 Å². The Morgan fingerprint density at radius 2 is 1.88 bits per heavy atom. The summed E-state index contributed by atoms with van der Waals surface area (Å²) in [6.45, 7) is 0.494. The molecule has 0 saturated heterocycles. The van der Waals surface area contributed by atoms with Crippen LogP contribution in [0.1, 0.15) is 59.1 Å². The molecule has 33 heavy (non-hydrogen) atoms. The Morgan fingerprint density at radius 3 is 2.42 bits per heavy atom. The molecule has 3 rings (SSSR count). The molecule has 0 spiro atoms. The van der Waals surface area contributed by atoms with Crippen LogP contribution in [0.3, 0.4) is 0 Å². The minimum atomic E-state index is -0.755. The maximum atomic E-state index is 12.3. The number of Topliss-reactive ketones (excluding diaryl/α,β-unsaturated/α-hetero) is 1. The van der Waals surface area contributed by atoms with E-state index < -0.39 is 11.2 Å². The van der Waals surface area contributed by atoms with Gasteiger partial charge < -0.3 is 16.4 Å². The zero-order valence-electron chi connectivity index (χ0n) is 18.5. The van der Waals surface area contributed by atoms with E-state index in [0.29, 0.717) is 52.5 Å². The maximum Gasteiger partial charge on any atom is 0.235 e. The lowest BCUT2D eigenvalue weighted by atomic mass is 9.99. The van der Waals surface area contributed by atoms with Crippen LogP contribution >= 0.6 is 11.8 Å². The summed E-state index contributed by atoms with van der Waals surface area (Å²) in [6, 6.07) is 13.5. The summed E-state index contributed by atoms with van der Waals surface area (Å²) in [4.78, 5) is 30.9. The second kappa shape index (κ2) is 11.0. The van der Waals surface area contributed by atoms with Crippen LogP contribution in [0.4, 0.5) is 5.82 Å². The summed E-state index contributed by atoms with van der Waals surface area (Å²) < 4.78 is 0. The van der Waals surface area contributed by atoms with E-state index in [2.05, 4.69) is 17.1 Å². The number of nitrogens with zero attached hydrogens (tertiary/aromatic N) is 4. The van der Waals surface area contributed by atoms with Gasteiger partial charge in [-0.05, 0) is 42.9 Å². The van der Waals surface area contributed by atoms with Crippen molar-refractivity contribution in [1.29, 1.82) is 10.5 Å². The summed E-state index contributed by atoms with van der Waals surface area (Å²) in [5, 5.41) is 19.5. The first-order valence-electron chi connectivity index (χ1n) is 10.7. The zero-order valence-corrected chi connectivity index (χ0v) is 19.3. The fraction of sp³-hybridized carbons (Fsp3) is 0.375. The van der Waals surface area contributed by atoms with Crippen molar-refractivity contribution in [1.82, 2.24) is 4.98 Å². The van der Waals surface area contributed by atoms with E-state index in [9.17, 15) is 20.1 Å². The average Bonchev–Trinajstić information content (AvgIpc) is 3.65. The molecule has 1 fully saturated rings.